The van der Waals surface area contributed by atoms with Gasteiger partial charge in [0.25, 0.3) is 0 Å². The zero-order valence-electron chi connectivity index (χ0n) is 10.5. The van der Waals surface area contributed by atoms with Gasteiger partial charge in [0.15, 0.2) is 0 Å². The molecule has 0 radical (unpaired) electrons. The van der Waals surface area contributed by atoms with E-state index in [0.29, 0.717) is 6.04 Å². The Bertz CT molecular complexity index is 230. The van der Waals surface area contributed by atoms with E-state index in [9.17, 15) is 0 Å². The Morgan fingerprint density at radius 1 is 1.00 bits per heavy atom. The van der Waals surface area contributed by atoms with E-state index in [1.165, 1.54) is 63.3 Å². The first-order valence-corrected chi connectivity index (χ1v) is 7.20. The summed E-state index contributed by atoms with van der Waals surface area (Å²) in [6.07, 6.45) is 7.90. The standard InChI is InChI=1S/C13H24N2S/c1-12(14-7-5-6-8-14)11-13(16)15-9-3-2-4-10-15/h12H,2-11H2,1H3. The fourth-order valence-corrected chi connectivity index (χ4v) is 3.26. The smallest absolute Gasteiger partial charge is 0.0794 e. The Morgan fingerprint density at radius 2 is 1.56 bits per heavy atom. The molecular formula is C13H24N2S. The average molecular weight is 240 g/mol. The third-order valence-corrected chi connectivity index (χ3v) is 4.37. The number of nitrogens with zero attached hydrogens (tertiary/aromatic N) is 2. The van der Waals surface area contributed by atoms with Crippen LogP contribution >= 0.6 is 12.2 Å². The summed E-state index contributed by atoms with van der Waals surface area (Å²) in [4.78, 5) is 6.24. The molecule has 0 spiro atoms. The fraction of sp³-hybridized carbons (Fsp3) is 0.923. The van der Waals surface area contributed by atoms with Crippen LogP contribution in [-0.4, -0.2) is 47.0 Å². The van der Waals surface area contributed by atoms with Gasteiger partial charge in [-0.15, -0.1) is 0 Å². The van der Waals surface area contributed by atoms with E-state index in [0.717, 1.165) is 6.42 Å². The first kappa shape index (κ1) is 12.3. The van der Waals surface area contributed by atoms with E-state index >= 15 is 0 Å². The quantitative estimate of drug-likeness (QED) is 0.700. The molecule has 0 aromatic carbocycles. The molecule has 0 aromatic heterocycles. The lowest BCUT2D eigenvalue weighted by molar-refractivity contribution is 0.256. The van der Waals surface area contributed by atoms with Crippen molar-refractivity contribution < 1.29 is 0 Å². The number of piperidine rings is 1. The summed E-state index contributed by atoms with van der Waals surface area (Å²) in [5.41, 5.74) is 0. The molecule has 0 N–H and O–H groups in total. The van der Waals surface area contributed by atoms with Crippen molar-refractivity contribution in [3.63, 3.8) is 0 Å². The number of likely N-dealkylation sites (tertiary alicyclic amines) is 2. The summed E-state index contributed by atoms with van der Waals surface area (Å²) >= 11 is 5.58. The van der Waals surface area contributed by atoms with Gasteiger partial charge >= 0.3 is 0 Å². The molecule has 0 saturated carbocycles. The Balaban J connectivity index is 1.76. The fourth-order valence-electron chi connectivity index (χ4n) is 2.84. The summed E-state index contributed by atoms with van der Waals surface area (Å²) in [6.45, 7) is 7.30. The maximum absolute atomic E-state index is 5.58. The molecule has 0 amide bonds. The van der Waals surface area contributed by atoms with Gasteiger partial charge in [-0.3, -0.25) is 0 Å². The van der Waals surface area contributed by atoms with Gasteiger partial charge in [0, 0.05) is 25.6 Å². The molecule has 3 heteroatoms. The van der Waals surface area contributed by atoms with Crippen molar-refractivity contribution in [3.05, 3.63) is 0 Å². The minimum Gasteiger partial charge on any atom is -0.366 e. The van der Waals surface area contributed by atoms with Crippen LogP contribution in [0.15, 0.2) is 0 Å². The van der Waals surface area contributed by atoms with Crippen LogP contribution in [0.1, 0.15) is 45.4 Å². The molecule has 92 valence electrons. The lowest BCUT2D eigenvalue weighted by Crippen LogP contribution is -2.39. The van der Waals surface area contributed by atoms with Crippen molar-refractivity contribution in [2.75, 3.05) is 26.2 Å². The van der Waals surface area contributed by atoms with Crippen molar-refractivity contribution in [3.8, 4) is 0 Å². The number of thiocarbonyl (C=S) groups is 1. The van der Waals surface area contributed by atoms with Gasteiger partial charge in [0.2, 0.25) is 0 Å². The van der Waals surface area contributed by atoms with E-state index in [2.05, 4.69) is 16.7 Å². The molecule has 0 aliphatic carbocycles. The molecular weight excluding hydrogens is 216 g/mol. The third kappa shape index (κ3) is 3.17. The lowest BCUT2D eigenvalue weighted by atomic mass is 10.1. The van der Waals surface area contributed by atoms with Crippen LogP contribution in [0.2, 0.25) is 0 Å². The van der Waals surface area contributed by atoms with E-state index in [4.69, 9.17) is 12.2 Å². The largest absolute Gasteiger partial charge is 0.366 e. The maximum Gasteiger partial charge on any atom is 0.0794 e. The molecule has 2 rings (SSSR count). The highest BCUT2D eigenvalue weighted by Crippen LogP contribution is 2.17. The normalized spacial score (nSPS) is 24.7. The maximum atomic E-state index is 5.58. The minimum absolute atomic E-state index is 0.650. The van der Waals surface area contributed by atoms with Gasteiger partial charge in [-0.05, 0) is 52.1 Å². The van der Waals surface area contributed by atoms with E-state index in [1.54, 1.807) is 0 Å². The van der Waals surface area contributed by atoms with Crippen LogP contribution in [-0.2, 0) is 0 Å². The Morgan fingerprint density at radius 3 is 2.19 bits per heavy atom. The van der Waals surface area contributed by atoms with Crippen molar-refractivity contribution in [2.45, 2.75) is 51.5 Å². The molecule has 2 nitrogen and oxygen atoms in total. The molecule has 2 fully saturated rings. The molecule has 2 aliphatic rings. The summed E-state index contributed by atoms with van der Waals surface area (Å²) in [5.74, 6) is 0. The number of rotatable bonds is 3. The van der Waals surface area contributed by atoms with Crippen LogP contribution in [0.4, 0.5) is 0 Å². The van der Waals surface area contributed by atoms with Gasteiger partial charge in [-0.25, -0.2) is 0 Å². The number of hydrogen-bond donors (Lipinski definition) is 0. The molecule has 2 saturated heterocycles. The van der Waals surface area contributed by atoms with Crippen LogP contribution in [0.3, 0.4) is 0 Å². The first-order valence-electron chi connectivity index (χ1n) is 6.79. The topological polar surface area (TPSA) is 6.48 Å². The molecule has 2 heterocycles. The van der Waals surface area contributed by atoms with E-state index in [1.807, 2.05) is 0 Å². The zero-order valence-corrected chi connectivity index (χ0v) is 11.3. The monoisotopic (exact) mass is 240 g/mol. The van der Waals surface area contributed by atoms with Crippen LogP contribution in [0.5, 0.6) is 0 Å². The second-order valence-corrected chi connectivity index (χ2v) is 5.71. The summed E-state index contributed by atoms with van der Waals surface area (Å²) in [6, 6.07) is 0.650. The Labute approximate surface area is 105 Å². The van der Waals surface area contributed by atoms with Gasteiger partial charge in [-0.2, -0.15) is 0 Å². The Kier molecular flexibility index (Phi) is 4.59. The van der Waals surface area contributed by atoms with Crippen molar-refractivity contribution in [1.82, 2.24) is 9.80 Å². The van der Waals surface area contributed by atoms with Gasteiger partial charge in [-0.1, -0.05) is 12.2 Å². The molecule has 1 atom stereocenters. The van der Waals surface area contributed by atoms with Crippen LogP contribution < -0.4 is 0 Å². The van der Waals surface area contributed by atoms with Gasteiger partial charge < -0.3 is 9.80 Å². The molecule has 0 aromatic rings. The minimum atomic E-state index is 0.650. The number of hydrogen-bond acceptors (Lipinski definition) is 2. The van der Waals surface area contributed by atoms with Crippen LogP contribution in [0.25, 0.3) is 0 Å². The highest BCUT2D eigenvalue weighted by atomic mass is 32.1. The molecule has 0 bridgehead atoms. The Hall–Kier alpha value is -0.150. The van der Waals surface area contributed by atoms with Crippen molar-refractivity contribution in [2.24, 2.45) is 0 Å². The van der Waals surface area contributed by atoms with E-state index < -0.39 is 0 Å². The molecule has 16 heavy (non-hydrogen) atoms. The highest BCUT2D eigenvalue weighted by Gasteiger charge is 2.21. The predicted molar refractivity (Wildman–Crippen MR) is 72.9 cm³/mol. The summed E-state index contributed by atoms with van der Waals surface area (Å²) < 4.78 is 0. The highest BCUT2D eigenvalue weighted by molar-refractivity contribution is 7.80. The zero-order chi connectivity index (χ0) is 11.4. The van der Waals surface area contributed by atoms with Crippen molar-refractivity contribution >= 4 is 17.2 Å². The predicted octanol–water partition coefficient (Wildman–Crippen LogP) is 2.67. The van der Waals surface area contributed by atoms with Gasteiger partial charge in [0.1, 0.15) is 0 Å². The third-order valence-electron chi connectivity index (χ3n) is 3.94. The summed E-state index contributed by atoms with van der Waals surface area (Å²) in [7, 11) is 0. The first-order chi connectivity index (χ1) is 7.77. The summed E-state index contributed by atoms with van der Waals surface area (Å²) in [5, 5.41) is 0. The van der Waals surface area contributed by atoms with Crippen molar-refractivity contribution in [1.29, 1.82) is 0 Å². The molecule has 2 aliphatic heterocycles. The molecule has 1 unspecified atom stereocenters. The average Bonchev–Trinajstić information content (AvgIpc) is 2.83. The lowest BCUT2D eigenvalue weighted by Gasteiger charge is -2.32. The van der Waals surface area contributed by atoms with Crippen LogP contribution in [0, 0.1) is 0 Å². The van der Waals surface area contributed by atoms with E-state index in [-0.39, 0.29) is 0 Å². The SMILES string of the molecule is CC(CC(=S)N1CCCCC1)N1CCCC1. The van der Waals surface area contributed by atoms with Gasteiger partial charge in [0.05, 0.1) is 4.99 Å². The second-order valence-electron chi connectivity index (χ2n) is 5.24. The second kappa shape index (κ2) is 5.97.